The molecule has 3 nitrogen and oxygen atoms in total. The van der Waals surface area contributed by atoms with Crippen molar-refractivity contribution in [3.63, 3.8) is 0 Å². The van der Waals surface area contributed by atoms with E-state index in [1.54, 1.807) is 0 Å². The van der Waals surface area contributed by atoms with Crippen molar-refractivity contribution in [3.05, 3.63) is 28.5 Å². The van der Waals surface area contributed by atoms with Crippen LogP contribution in [0.5, 0.6) is 0 Å². The van der Waals surface area contributed by atoms with Gasteiger partial charge in [0.15, 0.2) is 0 Å². The molecule has 0 atom stereocenters. The van der Waals surface area contributed by atoms with Crippen LogP contribution >= 0.6 is 11.6 Å². The Morgan fingerprint density at radius 2 is 2.20 bits per heavy atom. The number of hydrogen-bond acceptors (Lipinski definition) is 2. The Morgan fingerprint density at radius 3 is 2.87 bits per heavy atom. The van der Waals surface area contributed by atoms with Crippen molar-refractivity contribution in [1.82, 2.24) is 14.9 Å². The van der Waals surface area contributed by atoms with E-state index in [0.29, 0.717) is 0 Å². The van der Waals surface area contributed by atoms with E-state index in [9.17, 15) is 0 Å². The molecule has 0 unspecified atom stereocenters. The fraction of sp³-hybridized carbons (Fsp3) is 0.364. The molecule has 0 amide bonds. The molecular formula is C11H14ClN3. The van der Waals surface area contributed by atoms with Gasteiger partial charge in [-0.2, -0.15) is 0 Å². The van der Waals surface area contributed by atoms with Crippen LogP contribution in [0.15, 0.2) is 12.1 Å². The van der Waals surface area contributed by atoms with Crippen molar-refractivity contribution < 1.29 is 0 Å². The molecule has 2 rings (SSSR count). The number of fused-ring (bicyclic) bond motifs is 1. The third-order valence-electron chi connectivity index (χ3n) is 2.55. The van der Waals surface area contributed by atoms with Gasteiger partial charge in [-0.05, 0) is 31.7 Å². The lowest BCUT2D eigenvalue weighted by Crippen LogP contribution is -2.10. The van der Waals surface area contributed by atoms with Crippen LogP contribution in [0.25, 0.3) is 11.0 Å². The molecule has 0 spiro atoms. The summed E-state index contributed by atoms with van der Waals surface area (Å²) in [4.78, 5) is 4.54. The van der Waals surface area contributed by atoms with E-state index in [-0.39, 0.29) is 0 Å². The Hall–Kier alpha value is -1.06. The van der Waals surface area contributed by atoms with Crippen LogP contribution in [-0.4, -0.2) is 16.6 Å². The van der Waals surface area contributed by atoms with Gasteiger partial charge in [-0.15, -0.1) is 0 Å². The highest BCUT2D eigenvalue weighted by Gasteiger charge is 2.09. The van der Waals surface area contributed by atoms with Crippen LogP contribution in [0.1, 0.15) is 11.4 Å². The molecule has 0 aliphatic carbocycles. The fourth-order valence-electron chi connectivity index (χ4n) is 1.90. The molecule has 0 aliphatic rings. The highest BCUT2D eigenvalue weighted by molar-refractivity contribution is 6.31. The Labute approximate surface area is 94.1 Å². The van der Waals surface area contributed by atoms with Crippen molar-refractivity contribution in [2.24, 2.45) is 7.05 Å². The number of benzene rings is 1. The average molecular weight is 224 g/mol. The topological polar surface area (TPSA) is 29.9 Å². The molecule has 0 bridgehead atoms. The predicted molar refractivity (Wildman–Crippen MR) is 63.2 cm³/mol. The first-order valence-electron chi connectivity index (χ1n) is 4.89. The Kier molecular flexibility index (Phi) is 2.67. The van der Waals surface area contributed by atoms with Crippen LogP contribution in [0.2, 0.25) is 5.02 Å². The van der Waals surface area contributed by atoms with Gasteiger partial charge in [0.2, 0.25) is 0 Å². The second-order valence-corrected chi connectivity index (χ2v) is 4.14. The second-order valence-electron chi connectivity index (χ2n) is 3.71. The Morgan fingerprint density at radius 1 is 1.47 bits per heavy atom. The number of imidazole rings is 1. The molecule has 0 aliphatic heterocycles. The van der Waals surface area contributed by atoms with Crippen molar-refractivity contribution in [2.45, 2.75) is 13.5 Å². The molecule has 1 N–H and O–H groups in total. The van der Waals surface area contributed by atoms with Crippen LogP contribution in [-0.2, 0) is 13.6 Å². The van der Waals surface area contributed by atoms with E-state index in [1.165, 1.54) is 0 Å². The van der Waals surface area contributed by atoms with E-state index in [0.717, 1.165) is 34.0 Å². The largest absolute Gasteiger partial charge is 0.330 e. The summed E-state index contributed by atoms with van der Waals surface area (Å²) in [6.45, 7) is 2.82. The Bertz CT molecular complexity index is 502. The lowest BCUT2D eigenvalue weighted by molar-refractivity contribution is 0.718. The summed E-state index contributed by atoms with van der Waals surface area (Å²) in [5, 5.41) is 3.85. The third kappa shape index (κ3) is 1.73. The first-order chi connectivity index (χ1) is 7.13. The summed E-state index contributed by atoms with van der Waals surface area (Å²) in [7, 11) is 3.95. The standard InChI is InChI=1S/C11H14ClN3/c1-7-4-8(12)5-9-11(7)15(3)10(14-9)6-13-2/h4-5,13H,6H2,1-3H3. The lowest BCUT2D eigenvalue weighted by Gasteiger charge is -2.03. The quantitative estimate of drug-likeness (QED) is 0.847. The number of halogens is 1. The minimum atomic E-state index is 0.745. The van der Waals surface area contributed by atoms with Gasteiger partial charge in [-0.1, -0.05) is 11.6 Å². The van der Waals surface area contributed by atoms with Crippen molar-refractivity contribution >= 4 is 22.6 Å². The molecule has 15 heavy (non-hydrogen) atoms. The van der Waals surface area contributed by atoms with E-state index in [2.05, 4.69) is 21.8 Å². The fourth-order valence-corrected chi connectivity index (χ4v) is 2.17. The summed E-state index contributed by atoms with van der Waals surface area (Å²) in [5.41, 5.74) is 3.28. The SMILES string of the molecule is CNCc1nc2cc(Cl)cc(C)c2n1C. The minimum Gasteiger partial charge on any atom is -0.330 e. The number of hydrogen-bond donors (Lipinski definition) is 1. The smallest absolute Gasteiger partial charge is 0.123 e. The summed E-state index contributed by atoms with van der Waals surface area (Å²) in [5.74, 6) is 1.03. The number of rotatable bonds is 2. The monoisotopic (exact) mass is 223 g/mol. The van der Waals surface area contributed by atoms with Crippen LogP contribution in [0, 0.1) is 6.92 Å². The number of aromatic nitrogens is 2. The third-order valence-corrected chi connectivity index (χ3v) is 2.77. The highest BCUT2D eigenvalue weighted by Crippen LogP contribution is 2.23. The molecule has 1 heterocycles. The molecule has 4 heteroatoms. The maximum Gasteiger partial charge on any atom is 0.123 e. The molecule has 80 valence electrons. The van der Waals surface area contributed by atoms with Gasteiger partial charge in [0.05, 0.1) is 17.6 Å². The van der Waals surface area contributed by atoms with Crippen LogP contribution in [0.4, 0.5) is 0 Å². The highest BCUT2D eigenvalue weighted by atomic mass is 35.5. The van der Waals surface area contributed by atoms with Crippen molar-refractivity contribution in [3.8, 4) is 0 Å². The van der Waals surface area contributed by atoms with Gasteiger partial charge in [-0.25, -0.2) is 4.98 Å². The molecule has 0 fully saturated rings. The molecular weight excluding hydrogens is 210 g/mol. The van der Waals surface area contributed by atoms with E-state index in [1.807, 2.05) is 26.2 Å². The normalized spacial score (nSPS) is 11.2. The maximum atomic E-state index is 6.00. The summed E-state index contributed by atoms with van der Waals surface area (Å²) >= 11 is 6.00. The summed E-state index contributed by atoms with van der Waals surface area (Å²) < 4.78 is 2.11. The Balaban J connectivity index is 2.70. The minimum absolute atomic E-state index is 0.745. The maximum absolute atomic E-state index is 6.00. The van der Waals surface area contributed by atoms with Crippen molar-refractivity contribution in [2.75, 3.05) is 7.05 Å². The van der Waals surface area contributed by atoms with Gasteiger partial charge >= 0.3 is 0 Å². The zero-order valence-electron chi connectivity index (χ0n) is 9.13. The molecule has 2 aromatic rings. The van der Waals surface area contributed by atoms with Crippen LogP contribution in [0.3, 0.4) is 0 Å². The van der Waals surface area contributed by atoms with Gasteiger partial charge in [-0.3, -0.25) is 0 Å². The second kappa shape index (κ2) is 3.83. The van der Waals surface area contributed by atoms with Crippen LogP contribution < -0.4 is 5.32 Å². The van der Waals surface area contributed by atoms with Gasteiger partial charge in [0.1, 0.15) is 5.82 Å². The first-order valence-corrected chi connectivity index (χ1v) is 5.27. The van der Waals surface area contributed by atoms with E-state index >= 15 is 0 Å². The summed E-state index contributed by atoms with van der Waals surface area (Å²) in [6, 6.07) is 3.87. The molecule has 0 saturated heterocycles. The van der Waals surface area contributed by atoms with Gasteiger partial charge in [0.25, 0.3) is 0 Å². The average Bonchev–Trinajstić information content (AvgIpc) is 2.43. The number of aryl methyl sites for hydroxylation is 2. The van der Waals surface area contributed by atoms with Gasteiger partial charge in [0, 0.05) is 12.1 Å². The summed E-state index contributed by atoms with van der Waals surface area (Å²) in [6.07, 6.45) is 0. The van der Waals surface area contributed by atoms with E-state index in [4.69, 9.17) is 11.6 Å². The number of nitrogens with zero attached hydrogens (tertiary/aromatic N) is 2. The first kappa shape index (κ1) is 10.5. The number of nitrogens with one attached hydrogen (secondary N) is 1. The van der Waals surface area contributed by atoms with E-state index < -0.39 is 0 Å². The van der Waals surface area contributed by atoms with Crippen molar-refractivity contribution in [1.29, 1.82) is 0 Å². The molecule has 1 aromatic heterocycles. The lowest BCUT2D eigenvalue weighted by atomic mass is 10.2. The molecule has 0 saturated carbocycles. The van der Waals surface area contributed by atoms with Gasteiger partial charge < -0.3 is 9.88 Å². The zero-order chi connectivity index (χ0) is 11.0. The molecule has 0 radical (unpaired) electrons. The molecule has 1 aromatic carbocycles. The zero-order valence-corrected chi connectivity index (χ0v) is 9.89. The predicted octanol–water partition coefficient (Wildman–Crippen LogP) is 2.25.